The van der Waals surface area contributed by atoms with Crippen molar-refractivity contribution in [2.24, 2.45) is 5.10 Å². The molecule has 1 heterocycles. The van der Waals surface area contributed by atoms with E-state index in [9.17, 15) is 9.59 Å². The molecule has 3 N–H and O–H groups in total. The van der Waals surface area contributed by atoms with Crippen LogP contribution in [-0.4, -0.2) is 38.9 Å². The number of aromatic amines is 1. The Labute approximate surface area is 147 Å². The molecule has 1 aromatic heterocycles. The maximum atomic E-state index is 11.8. The summed E-state index contributed by atoms with van der Waals surface area (Å²) < 4.78 is 0. The minimum atomic E-state index is -1.05. The number of nitrogens with one attached hydrogen (secondary N) is 2. The van der Waals surface area contributed by atoms with Gasteiger partial charge >= 0.3 is 5.97 Å². The molecule has 1 amide bonds. The van der Waals surface area contributed by atoms with E-state index in [4.69, 9.17) is 5.11 Å². The molecule has 0 radical (unpaired) electrons. The normalized spacial score (nSPS) is 11.0. The molecular weight excluding hydrogens is 340 g/mol. The number of imidazole rings is 1. The Morgan fingerprint density at radius 2 is 1.96 bits per heavy atom. The fraction of sp³-hybridized carbons (Fsp3) is 0.0588. The molecule has 0 spiro atoms. The highest BCUT2D eigenvalue weighted by atomic mass is 32.2. The van der Waals surface area contributed by atoms with Crippen LogP contribution in [0.1, 0.15) is 15.9 Å². The van der Waals surface area contributed by atoms with Gasteiger partial charge in [-0.05, 0) is 18.2 Å². The van der Waals surface area contributed by atoms with Crippen molar-refractivity contribution in [3.05, 3.63) is 59.7 Å². The van der Waals surface area contributed by atoms with E-state index in [0.717, 1.165) is 11.0 Å². The number of aromatic carboxylic acids is 1. The number of benzene rings is 2. The van der Waals surface area contributed by atoms with E-state index in [0.29, 0.717) is 10.7 Å². The number of carbonyl (C=O) groups excluding carboxylic acids is 1. The van der Waals surface area contributed by atoms with Crippen LogP contribution in [0.25, 0.3) is 11.0 Å². The van der Waals surface area contributed by atoms with Crippen LogP contribution in [0, 0.1) is 0 Å². The molecule has 0 fully saturated rings. The molecule has 0 bridgehead atoms. The smallest absolute Gasteiger partial charge is 0.336 e. The quantitative estimate of drug-likeness (QED) is 0.358. The van der Waals surface area contributed by atoms with Gasteiger partial charge < -0.3 is 10.1 Å². The number of H-pyrrole nitrogens is 1. The van der Waals surface area contributed by atoms with Gasteiger partial charge in [-0.3, -0.25) is 4.79 Å². The van der Waals surface area contributed by atoms with Crippen LogP contribution in [0.2, 0.25) is 0 Å². The number of carboxylic acid groups (broad SMARTS) is 1. The SMILES string of the molecule is O=C(CSc1nc2ccccc2[nH]1)NN=Cc1ccccc1C(=O)O. The number of hydrogen-bond acceptors (Lipinski definition) is 5. The number of aromatic nitrogens is 2. The summed E-state index contributed by atoms with van der Waals surface area (Å²) in [6, 6.07) is 14.0. The summed E-state index contributed by atoms with van der Waals surface area (Å²) in [6.07, 6.45) is 1.31. The summed E-state index contributed by atoms with van der Waals surface area (Å²) in [4.78, 5) is 30.4. The number of rotatable bonds is 6. The lowest BCUT2D eigenvalue weighted by Crippen LogP contribution is -2.19. The maximum absolute atomic E-state index is 11.8. The van der Waals surface area contributed by atoms with E-state index >= 15 is 0 Å². The summed E-state index contributed by atoms with van der Waals surface area (Å²) in [5, 5.41) is 13.5. The molecule has 3 aromatic rings. The van der Waals surface area contributed by atoms with Gasteiger partial charge in [0.1, 0.15) is 0 Å². The number of hydrazone groups is 1. The van der Waals surface area contributed by atoms with Crippen molar-refractivity contribution < 1.29 is 14.7 Å². The van der Waals surface area contributed by atoms with Gasteiger partial charge in [-0.1, -0.05) is 42.1 Å². The average Bonchev–Trinajstić information content (AvgIpc) is 3.03. The molecule has 3 rings (SSSR count). The van der Waals surface area contributed by atoms with Crippen molar-refractivity contribution in [1.29, 1.82) is 0 Å². The standard InChI is InChI=1S/C17H14N4O3S/c22-15(10-25-17-19-13-7-3-4-8-14(13)20-17)21-18-9-11-5-1-2-6-12(11)16(23)24/h1-9H,10H2,(H,19,20)(H,21,22)(H,23,24). The summed E-state index contributed by atoms with van der Waals surface area (Å²) in [5.74, 6) is -1.22. The zero-order chi connectivity index (χ0) is 17.6. The second kappa shape index (κ2) is 7.63. The first-order valence-electron chi connectivity index (χ1n) is 7.35. The van der Waals surface area contributed by atoms with E-state index in [1.54, 1.807) is 18.2 Å². The van der Waals surface area contributed by atoms with Crippen molar-refractivity contribution in [1.82, 2.24) is 15.4 Å². The van der Waals surface area contributed by atoms with Crippen LogP contribution >= 0.6 is 11.8 Å². The third-order valence-corrected chi connectivity index (χ3v) is 4.17. The van der Waals surface area contributed by atoms with Crippen molar-refractivity contribution in [3.8, 4) is 0 Å². The Morgan fingerprint density at radius 3 is 2.76 bits per heavy atom. The monoisotopic (exact) mass is 354 g/mol. The van der Waals surface area contributed by atoms with E-state index in [-0.39, 0.29) is 17.2 Å². The number of carboxylic acids is 1. The fourth-order valence-corrected chi connectivity index (χ4v) is 2.82. The molecule has 126 valence electrons. The van der Waals surface area contributed by atoms with Gasteiger partial charge in [0.15, 0.2) is 5.16 Å². The second-order valence-electron chi connectivity index (χ2n) is 5.03. The van der Waals surface area contributed by atoms with Gasteiger partial charge in [-0.2, -0.15) is 5.10 Å². The molecule has 25 heavy (non-hydrogen) atoms. The lowest BCUT2D eigenvalue weighted by Gasteiger charge is -2.00. The Balaban J connectivity index is 1.55. The van der Waals surface area contributed by atoms with Gasteiger partial charge in [0.2, 0.25) is 0 Å². The average molecular weight is 354 g/mol. The number of amides is 1. The largest absolute Gasteiger partial charge is 0.478 e. The van der Waals surface area contributed by atoms with Gasteiger partial charge in [-0.25, -0.2) is 15.2 Å². The Morgan fingerprint density at radius 1 is 1.20 bits per heavy atom. The van der Waals surface area contributed by atoms with E-state index in [1.807, 2.05) is 24.3 Å². The molecule has 7 nitrogen and oxygen atoms in total. The number of fused-ring (bicyclic) bond motifs is 1. The molecule has 2 aromatic carbocycles. The zero-order valence-electron chi connectivity index (χ0n) is 13.0. The van der Waals surface area contributed by atoms with Gasteiger partial charge in [0.05, 0.1) is 28.6 Å². The molecule has 0 aliphatic carbocycles. The maximum Gasteiger partial charge on any atom is 0.336 e. The Bertz CT molecular complexity index is 919. The predicted octanol–water partition coefficient (Wildman–Crippen LogP) is 2.50. The van der Waals surface area contributed by atoms with E-state index in [1.165, 1.54) is 24.0 Å². The van der Waals surface area contributed by atoms with Crippen LogP contribution < -0.4 is 5.43 Å². The third kappa shape index (κ3) is 4.24. The summed E-state index contributed by atoms with van der Waals surface area (Å²) >= 11 is 1.26. The van der Waals surface area contributed by atoms with E-state index < -0.39 is 5.97 Å². The topological polar surface area (TPSA) is 107 Å². The van der Waals surface area contributed by atoms with E-state index in [2.05, 4.69) is 20.5 Å². The molecule has 0 atom stereocenters. The number of para-hydroxylation sites is 2. The van der Waals surface area contributed by atoms with Crippen LogP contribution in [-0.2, 0) is 4.79 Å². The van der Waals surface area contributed by atoms with Crippen molar-refractivity contribution >= 4 is 40.9 Å². The number of nitrogens with zero attached hydrogens (tertiary/aromatic N) is 2. The highest BCUT2D eigenvalue weighted by Crippen LogP contribution is 2.18. The molecular formula is C17H14N4O3S. The number of hydrogen-bond donors (Lipinski definition) is 3. The summed E-state index contributed by atoms with van der Waals surface area (Å²) in [7, 11) is 0. The molecule has 0 saturated carbocycles. The fourth-order valence-electron chi connectivity index (χ4n) is 2.14. The minimum Gasteiger partial charge on any atom is -0.478 e. The summed E-state index contributed by atoms with van der Waals surface area (Å²) in [5.41, 5.74) is 4.67. The first-order valence-corrected chi connectivity index (χ1v) is 8.34. The molecule has 8 heteroatoms. The molecule has 0 unspecified atom stereocenters. The van der Waals surface area contributed by atoms with Gasteiger partial charge in [-0.15, -0.1) is 0 Å². The van der Waals surface area contributed by atoms with Gasteiger partial charge in [0, 0.05) is 5.56 Å². The predicted molar refractivity (Wildman–Crippen MR) is 96.0 cm³/mol. The summed E-state index contributed by atoms with van der Waals surface area (Å²) in [6.45, 7) is 0. The minimum absolute atomic E-state index is 0.122. The van der Waals surface area contributed by atoms with Crippen molar-refractivity contribution in [2.75, 3.05) is 5.75 Å². The highest BCUT2D eigenvalue weighted by Gasteiger charge is 2.08. The molecule has 0 aliphatic heterocycles. The van der Waals surface area contributed by atoms with Crippen LogP contribution in [0.3, 0.4) is 0 Å². The molecule has 0 saturated heterocycles. The number of carbonyl (C=O) groups is 2. The Kier molecular flexibility index (Phi) is 5.10. The highest BCUT2D eigenvalue weighted by molar-refractivity contribution is 7.99. The van der Waals surface area contributed by atoms with Crippen LogP contribution in [0.4, 0.5) is 0 Å². The lowest BCUT2D eigenvalue weighted by molar-refractivity contribution is -0.118. The van der Waals surface area contributed by atoms with Crippen LogP contribution in [0.15, 0.2) is 58.8 Å². The Hall–Kier alpha value is -3.13. The van der Waals surface area contributed by atoms with Crippen LogP contribution in [0.5, 0.6) is 0 Å². The van der Waals surface area contributed by atoms with Crippen molar-refractivity contribution in [2.45, 2.75) is 5.16 Å². The van der Waals surface area contributed by atoms with Gasteiger partial charge in [0.25, 0.3) is 5.91 Å². The third-order valence-electron chi connectivity index (χ3n) is 3.29. The number of thioether (sulfide) groups is 1. The second-order valence-corrected chi connectivity index (χ2v) is 6.00. The van der Waals surface area contributed by atoms with Crippen molar-refractivity contribution in [3.63, 3.8) is 0 Å². The molecule has 0 aliphatic rings. The lowest BCUT2D eigenvalue weighted by atomic mass is 10.1. The first kappa shape index (κ1) is 16.7. The first-order chi connectivity index (χ1) is 12.1. The zero-order valence-corrected chi connectivity index (χ0v) is 13.8.